The molecule has 0 bridgehead atoms. The van der Waals surface area contributed by atoms with E-state index in [1.807, 2.05) is 32.0 Å². The third-order valence-electron chi connectivity index (χ3n) is 3.35. The molecule has 0 saturated carbocycles. The Hall–Kier alpha value is -2.09. The molecule has 2 aromatic carbocycles. The number of esters is 1. The topological polar surface area (TPSA) is 26.3 Å². The molecule has 0 N–H and O–H groups in total. The van der Waals surface area contributed by atoms with E-state index in [1.54, 1.807) is 12.1 Å². The lowest BCUT2D eigenvalue weighted by Crippen LogP contribution is -2.10. The second-order valence-electron chi connectivity index (χ2n) is 5.39. The van der Waals surface area contributed by atoms with Gasteiger partial charge in [-0.15, -0.1) is 0 Å². The lowest BCUT2D eigenvalue weighted by molar-refractivity contribution is 0.0732. The molecule has 0 spiro atoms. The number of aryl methyl sites for hydroxylation is 2. The highest BCUT2D eigenvalue weighted by Crippen LogP contribution is 2.28. The highest BCUT2D eigenvalue weighted by atomic mass is 16.5. The van der Waals surface area contributed by atoms with E-state index in [0.29, 0.717) is 17.2 Å². The number of carbonyl (C=O) groups excluding carboxylic acids is 1. The van der Waals surface area contributed by atoms with Crippen molar-refractivity contribution in [1.82, 2.24) is 0 Å². The lowest BCUT2D eigenvalue weighted by Gasteiger charge is -2.14. The van der Waals surface area contributed by atoms with Crippen LogP contribution in [0.4, 0.5) is 0 Å². The number of rotatable bonds is 3. The first-order chi connectivity index (χ1) is 9.49. The first kappa shape index (κ1) is 14.3. The van der Waals surface area contributed by atoms with Crippen LogP contribution in [-0.4, -0.2) is 5.97 Å². The zero-order chi connectivity index (χ0) is 14.7. The minimum Gasteiger partial charge on any atom is -0.422 e. The molecule has 0 heterocycles. The zero-order valence-corrected chi connectivity index (χ0v) is 12.4. The van der Waals surface area contributed by atoms with E-state index in [0.717, 1.165) is 11.1 Å². The van der Waals surface area contributed by atoms with Crippen LogP contribution >= 0.6 is 0 Å². The zero-order valence-electron chi connectivity index (χ0n) is 12.4. The predicted octanol–water partition coefficient (Wildman–Crippen LogP) is 4.65. The smallest absolute Gasteiger partial charge is 0.343 e. The first-order valence-electron chi connectivity index (χ1n) is 6.87. The third-order valence-corrected chi connectivity index (χ3v) is 3.35. The highest BCUT2D eigenvalue weighted by Gasteiger charge is 2.13. The van der Waals surface area contributed by atoms with Crippen molar-refractivity contribution >= 4 is 5.97 Å². The number of hydrogen-bond donors (Lipinski definition) is 0. The van der Waals surface area contributed by atoms with Crippen LogP contribution in [0.25, 0.3) is 0 Å². The quantitative estimate of drug-likeness (QED) is 0.598. The average molecular weight is 268 g/mol. The van der Waals surface area contributed by atoms with Crippen molar-refractivity contribution in [3.8, 4) is 5.75 Å². The molecule has 0 amide bonds. The van der Waals surface area contributed by atoms with Gasteiger partial charge in [-0.3, -0.25) is 0 Å². The summed E-state index contributed by atoms with van der Waals surface area (Å²) < 4.78 is 5.56. The Kier molecular flexibility index (Phi) is 4.23. The summed E-state index contributed by atoms with van der Waals surface area (Å²) in [5.74, 6) is 0.823. The Morgan fingerprint density at radius 2 is 1.55 bits per heavy atom. The number of hydrogen-bond acceptors (Lipinski definition) is 2. The van der Waals surface area contributed by atoms with Crippen molar-refractivity contribution in [2.75, 3.05) is 0 Å². The summed E-state index contributed by atoms with van der Waals surface area (Å²) in [5.41, 5.74) is 3.83. The van der Waals surface area contributed by atoms with Crippen LogP contribution in [0.3, 0.4) is 0 Å². The van der Waals surface area contributed by atoms with Crippen molar-refractivity contribution in [1.29, 1.82) is 0 Å². The number of benzene rings is 2. The fourth-order valence-electron chi connectivity index (χ4n) is 2.20. The predicted molar refractivity (Wildman–Crippen MR) is 81.4 cm³/mol. The minimum absolute atomic E-state index is 0.311. The second-order valence-corrected chi connectivity index (χ2v) is 5.39. The SMILES string of the molecule is Cc1cc(C(C)C)cc(C)c1OC(=O)c1ccccc1. The summed E-state index contributed by atoms with van der Waals surface area (Å²) in [4.78, 5) is 12.1. The van der Waals surface area contributed by atoms with Gasteiger partial charge in [0.1, 0.15) is 5.75 Å². The Morgan fingerprint density at radius 3 is 2.05 bits per heavy atom. The molecule has 0 aliphatic rings. The Balaban J connectivity index is 2.28. The highest BCUT2D eigenvalue weighted by molar-refractivity contribution is 5.91. The Bertz CT molecular complexity index is 590. The van der Waals surface area contributed by atoms with Gasteiger partial charge in [-0.05, 0) is 48.6 Å². The molecule has 2 heteroatoms. The molecule has 0 aliphatic heterocycles. The Morgan fingerprint density at radius 1 is 1.00 bits per heavy atom. The molecular formula is C18H20O2. The normalized spacial score (nSPS) is 10.7. The molecule has 0 aromatic heterocycles. The van der Waals surface area contributed by atoms with Gasteiger partial charge in [-0.25, -0.2) is 4.79 Å². The monoisotopic (exact) mass is 268 g/mol. The first-order valence-corrected chi connectivity index (χ1v) is 6.87. The van der Waals surface area contributed by atoms with E-state index in [-0.39, 0.29) is 5.97 Å². The molecule has 2 rings (SSSR count). The van der Waals surface area contributed by atoms with Crippen LogP contribution < -0.4 is 4.74 Å². The van der Waals surface area contributed by atoms with E-state index in [2.05, 4.69) is 26.0 Å². The maximum atomic E-state index is 12.1. The van der Waals surface area contributed by atoms with E-state index in [4.69, 9.17) is 4.74 Å². The van der Waals surface area contributed by atoms with Gasteiger partial charge in [0.15, 0.2) is 0 Å². The van der Waals surface area contributed by atoms with E-state index in [1.165, 1.54) is 5.56 Å². The molecule has 0 radical (unpaired) electrons. The van der Waals surface area contributed by atoms with Crippen molar-refractivity contribution in [3.63, 3.8) is 0 Å². The van der Waals surface area contributed by atoms with Crippen molar-refractivity contribution in [3.05, 3.63) is 64.7 Å². The average Bonchev–Trinajstić information content (AvgIpc) is 2.43. The summed E-state index contributed by atoms with van der Waals surface area (Å²) in [6.45, 7) is 8.27. The molecule has 0 atom stereocenters. The maximum absolute atomic E-state index is 12.1. The molecule has 2 aromatic rings. The van der Waals surface area contributed by atoms with Crippen LogP contribution in [0, 0.1) is 13.8 Å². The van der Waals surface area contributed by atoms with Crippen LogP contribution in [0.5, 0.6) is 5.75 Å². The van der Waals surface area contributed by atoms with E-state index < -0.39 is 0 Å². The molecule has 2 nitrogen and oxygen atoms in total. The van der Waals surface area contributed by atoms with Gasteiger partial charge in [-0.1, -0.05) is 44.2 Å². The number of ether oxygens (including phenoxy) is 1. The van der Waals surface area contributed by atoms with Crippen LogP contribution in [0.15, 0.2) is 42.5 Å². The summed E-state index contributed by atoms with van der Waals surface area (Å²) in [5, 5.41) is 0. The summed E-state index contributed by atoms with van der Waals surface area (Å²) in [7, 11) is 0. The summed E-state index contributed by atoms with van der Waals surface area (Å²) >= 11 is 0. The fraction of sp³-hybridized carbons (Fsp3) is 0.278. The summed E-state index contributed by atoms with van der Waals surface area (Å²) in [6, 6.07) is 13.2. The number of carbonyl (C=O) groups is 1. The van der Waals surface area contributed by atoms with Crippen molar-refractivity contribution in [2.24, 2.45) is 0 Å². The molecule has 104 valence electrons. The van der Waals surface area contributed by atoms with Gasteiger partial charge < -0.3 is 4.74 Å². The maximum Gasteiger partial charge on any atom is 0.343 e. The third kappa shape index (κ3) is 3.08. The van der Waals surface area contributed by atoms with Crippen LogP contribution in [-0.2, 0) is 0 Å². The van der Waals surface area contributed by atoms with Crippen molar-refractivity contribution < 1.29 is 9.53 Å². The van der Waals surface area contributed by atoms with Gasteiger partial charge in [0.2, 0.25) is 0 Å². The minimum atomic E-state index is -0.311. The summed E-state index contributed by atoms with van der Waals surface area (Å²) in [6.07, 6.45) is 0. The Labute approximate surface area is 120 Å². The van der Waals surface area contributed by atoms with Crippen LogP contribution in [0.1, 0.15) is 46.8 Å². The molecule has 20 heavy (non-hydrogen) atoms. The lowest BCUT2D eigenvalue weighted by atomic mass is 9.98. The molecule has 0 unspecified atom stereocenters. The standard InChI is InChI=1S/C18H20O2/c1-12(2)16-10-13(3)17(14(4)11-16)20-18(19)15-8-6-5-7-9-15/h5-12H,1-4H3. The molecule has 0 saturated heterocycles. The van der Waals surface area contributed by atoms with Gasteiger partial charge >= 0.3 is 5.97 Å². The van der Waals surface area contributed by atoms with Gasteiger partial charge in [0.05, 0.1) is 5.56 Å². The van der Waals surface area contributed by atoms with Gasteiger partial charge in [0.25, 0.3) is 0 Å². The van der Waals surface area contributed by atoms with Gasteiger partial charge in [0, 0.05) is 0 Å². The molecular weight excluding hydrogens is 248 g/mol. The van der Waals surface area contributed by atoms with E-state index in [9.17, 15) is 4.79 Å². The van der Waals surface area contributed by atoms with Crippen LogP contribution in [0.2, 0.25) is 0 Å². The van der Waals surface area contributed by atoms with E-state index >= 15 is 0 Å². The molecule has 0 aliphatic carbocycles. The largest absolute Gasteiger partial charge is 0.422 e. The second kappa shape index (κ2) is 5.91. The van der Waals surface area contributed by atoms with Gasteiger partial charge in [-0.2, -0.15) is 0 Å². The molecule has 0 fully saturated rings. The fourth-order valence-corrected chi connectivity index (χ4v) is 2.20. The van der Waals surface area contributed by atoms with Crippen molar-refractivity contribution in [2.45, 2.75) is 33.6 Å².